The standard InChI is InChI=1S/C54H67N9O18/c64-52(54(66)60-16-14-59(15-17-60)53(65)41-6-2-1-3-7-41)44-38-56-50-43(47-10-5-19-80-47)11-12-48(49(44)50)81-37-36-78-33-32-76-29-28-75-27-26-74-25-23-72-21-18-61-39-42(57-58-61)40-79-35-34-77-31-30-73-24-22-71-20-13-55-51-45(62(67)68)8-4-9-46(51)63(69)70/h1-12,19,38-39,55-56H,13-18,20-37,40H2. The largest absolute Gasteiger partial charge is 0.490 e. The van der Waals surface area contributed by atoms with Crippen molar-refractivity contribution in [2.45, 2.75) is 13.2 Å². The van der Waals surface area contributed by atoms with Gasteiger partial charge in [-0.15, -0.1) is 5.10 Å². The summed E-state index contributed by atoms with van der Waals surface area (Å²) < 4.78 is 63.6. The number of carbonyl (C=O) groups is 3. The third-order valence-electron chi connectivity index (χ3n) is 12.2. The van der Waals surface area contributed by atoms with Crippen LogP contribution < -0.4 is 10.1 Å². The molecular weight excluding hydrogens is 1060 g/mol. The number of nitro groups is 2. The zero-order valence-corrected chi connectivity index (χ0v) is 44.8. The number of hydrogen-bond donors (Lipinski definition) is 2. The van der Waals surface area contributed by atoms with Crippen LogP contribution in [0.15, 0.2) is 95.9 Å². The average Bonchev–Trinajstić information content (AvgIpc) is 4.35. The Morgan fingerprint density at radius 2 is 1.17 bits per heavy atom. The SMILES string of the molecule is O=C(C(=O)N1CCN(C(=O)c2ccccc2)CC1)c1c[nH]c2c(-c3ccco3)ccc(OCCOCCOCCOCCOCCOCCn3cc(COCCOCCOCCOCCNc4c([N+](=O)[O-])cccc4[N+](=O)[O-])nn3)c12. The summed E-state index contributed by atoms with van der Waals surface area (Å²) in [6, 6.07) is 19.8. The van der Waals surface area contributed by atoms with Crippen molar-refractivity contribution in [3.05, 3.63) is 129 Å². The van der Waals surface area contributed by atoms with Crippen LogP contribution in [-0.4, -0.2) is 209 Å². The molecule has 3 aromatic heterocycles. The molecule has 27 nitrogen and oxygen atoms in total. The van der Waals surface area contributed by atoms with Gasteiger partial charge in [0.2, 0.25) is 0 Å². The zero-order chi connectivity index (χ0) is 56.9. The molecule has 0 unspecified atom stereocenters. The lowest BCUT2D eigenvalue weighted by atomic mass is 10.0. The Balaban J connectivity index is 0.644. The number of carbonyl (C=O) groups excluding carboxylic acids is 3. The maximum Gasteiger partial charge on any atom is 0.299 e. The van der Waals surface area contributed by atoms with Crippen molar-refractivity contribution >= 4 is 45.6 Å². The number of anilines is 1. The molecule has 1 fully saturated rings. The molecule has 0 saturated carbocycles. The molecule has 3 aromatic carbocycles. The zero-order valence-electron chi connectivity index (χ0n) is 44.8. The predicted molar refractivity (Wildman–Crippen MR) is 289 cm³/mol. The van der Waals surface area contributed by atoms with Gasteiger partial charge in [-0.25, -0.2) is 4.68 Å². The first kappa shape index (κ1) is 60.9. The van der Waals surface area contributed by atoms with E-state index >= 15 is 0 Å². The van der Waals surface area contributed by atoms with E-state index in [1.165, 1.54) is 29.3 Å². The molecule has 1 aliphatic heterocycles. The Bertz CT molecular complexity index is 2840. The van der Waals surface area contributed by atoms with Crippen LogP contribution in [0.1, 0.15) is 26.4 Å². The third-order valence-corrected chi connectivity index (χ3v) is 12.2. The van der Waals surface area contributed by atoms with E-state index in [2.05, 4.69) is 20.6 Å². The van der Waals surface area contributed by atoms with Gasteiger partial charge in [0.1, 0.15) is 23.8 Å². The molecule has 0 spiro atoms. The topological polar surface area (TPSA) is 308 Å². The quantitative estimate of drug-likeness (QED) is 0.0171. The van der Waals surface area contributed by atoms with Crippen LogP contribution in [0.25, 0.3) is 22.2 Å². The number of nitrogens with zero attached hydrogens (tertiary/aromatic N) is 7. The van der Waals surface area contributed by atoms with E-state index < -0.39 is 21.5 Å². The second-order valence-corrected chi connectivity index (χ2v) is 17.7. The minimum absolute atomic E-state index is 0.114. The molecule has 4 heterocycles. The maximum atomic E-state index is 13.8. The second-order valence-electron chi connectivity index (χ2n) is 17.7. The van der Waals surface area contributed by atoms with Crippen LogP contribution in [0.4, 0.5) is 17.1 Å². The second kappa shape index (κ2) is 33.8. The lowest BCUT2D eigenvalue weighted by Crippen LogP contribution is -2.52. The summed E-state index contributed by atoms with van der Waals surface area (Å²) in [4.78, 5) is 67.8. The van der Waals surface area contributed by atoms with Gasteiger partial charge in [-0.05, 0) is 42.5 Å². The molecule has 2 N–H and O–H groups in total. The Morgan fingerprint density at radius 3 is 1.75 bits per heavy atom. The summed E-state index contributed by atoms with van der Waals surface area (Å²) in [7, 11) is 0. The normalized spacial score (nSPS) is 12.5. The van der Waals surface area contributed by atoms with Crippen LogP contribution in [0.2, 0.25) is 0 Å². The van der Waals surface area contributed by atoms with Gasteiger partial charge in [-0.3, -0.25) is 34.6 Å². The summed E-state index contributed by atoms with van der Waals surface area (Å²) in [6.45, 7) is 8.08. The minimum atomic E-state index is -0.684. The van der Waals surface area contributed by atoms with Gasteiger partial charge in [0.15, 0.2) is 5.69 Å². The van der Waals surface area contributed by atoms with Gasteiger partial charge in [-0.1, -0.05) is 23.4 Å². The number of aromatic nitrogens is 4. The number of para-hydroxylation sites is 1. The van der Waals surface area contributed by atoms with Crippen molar-refractivity contribution in [3.63, 3.8) is 0 Å². The number of piperazine rings is 1. The molecule has 0 bridgehead atoms. The molecule has 6 aromatic rings. The van der Waals surface area contributed by atoms with Crippen molar-refractivity contribution in [2.75, 3.05) is 157 Å². The van der Waals surface area contributed by atoms with Gasteiger partial charge in [0.05, 0.1) is 164 Å². The number of fused-ring (bicyclic) bond motifs is 1. The fraction of sp³-hybridized carbons (Fsp3) is 0.463. The summed E-state index contributed by atoms with van der Waals surface area (Å²) in [5, 5.41) is 33.8. The van der Waals surface area contributed by atoms with E-state index in [0.29, 0.717) is 151 Å². The molecule has 0 radical (unpaired) electrons. The first-order valence-electron chi connectivity index (χ1n) is 26.4. The highest BCUT2D eigenvalue weighted by Gasteiger charge is 2.32. The molecule has 81 heavy (non-hydrogen) atoms. The van der Waals surface area contributed by atoms with Crippen molar-refractivity contribution in [3.8, 4) is 17.1 Å². The number of nitrogens with one attached hydrogen (secondary N) is 2. The number of aromatic amines is 1. The molecule has 1 aliphatic rings. The number of benzene rings is 3. The van der Waals surface area contributed by atoms with E-state index in [-0.39, 0.29) is 81.2 Å². The number of ether oxygens (including phenoxy) is 10. The fourth-order valence-corrected chi connectivity index (χ4v) is 8.25. The Morgan fingerprint density at radius 1 is 0.617 bits per heavy atom. The van der Waals surface area contributed by atoms with E-state index in [9.17, 15) is 34.6 Å². The smallest absolute Gasteiger partial charge is 0.299 e. The number of amides is 2. The first-order chi connectivity index (χ1) is 39.7. The van der Waals surface area contributed by atoms with Crippen molar-refractivity contribution in [2.24, 2.45) is 0 Å². The number of rotatable bonds is 40. The summed E-state index contributed by atoms with van der Waals surface area (Å²) in [5.41, 5.74) is 1.79. The number of hydrogen-bond acceptors (Lipinski definition) is 21. The van der Waals surface area contributed by atoms with Crippen molar-refractivity contribution < 1.29 is 76.0 Å². The molecule has 0 atom stereocenters. The predicted octanol–water partition coefficient (Wildman–Crippen LogP) is 4.84. The van der Waals surface area contributed by atoms with Crippen molar-refractivity contribution in [1.82, 2.24) is 29.8 Å². The molecule has 436 valence electrons. The molecule has 27 heteroatoms. The minimum Gasteiger partial charge on any atom is -0.490 e. The van der Waals surface area contributed by atoms with Gasteiger partial charge in [-0.2, -0.15) is 0 Å². The van der Waals surface area contributed by atoms with Crippen LogP contribution in [0.5, 0.6) is 5.75 Å². The first-order valence-corrected chi connectivity index (χ1v) is 26.4. The van der Waals surface area contributed by atoms with Crippen LogP contribution in [-0.2, 0) is 60.6 Å². The number of Topliss-reactive ketones (excluding diaryl/α,β-unsaturated/α-hetero) is 1. The van der Waals surface area contributed by atoms with Gasteiger partial charge in [0, 0.05) is 62.2 Å². The fourth-order valence-electron chi connectivity index (χ4n) is 8.25. The lowest BCUT2D eigenvalue weighted by molar-refractivity contribution is -0.392. The number of furan rings is 1. The highest BCUT2D eigenvalue weighted by molar-refractivity contribution is 6.45. The highest BCUT2D eigenvalue weighted by Crippen LogP contribution is 2.37. The Hall–Kier alpha value is -7.73. The lowest BCUT2D eigenvalue weighted by Gasteiger charge is -2.34. The Labute approximate surface area is 465 Å². The average molecular weight is 1130 g/mol. The highest BCUT2D eigenvalue weighted by atomic mass is 16.6. The monoisotopic (exact) mass is 1130 g/mol. The molecule has 0 aliphatic carbocycles. The van der Waals surface area contributed by atoms with Gasteiger partial charge in [0.25, 0.3) is 29.0 Å². The van der Waals surface area contributed by atoms with Crippen LogP contribution in [0, 0.1) is 20.2 Å². The molecular formula is C54H67N9O18. The van der Waals surface area contributed by atoms with Crippen LogP contribution in [0.3, 0.4) is 0 Å². The third kappa shape index (κ3) is 19.2. The summed E-state index contributed by atoms with van der Waals surface area (Å²) in [6.07, 6.45) is 4.87. The molecule has 1 saturated heterocycles. The van der Waals surface area contributed by atoms with Crippen molar-refractivity contribution in [1.29, 1.82) is 0 Å². The Kier molecular flexibility index (Phi) is 25.4. The van der Waals surface area contributed by atoms with E-state index in [0.717, 1.165) is 0 Å². The van der Waals surface area contributed by atoms with Gasteiger partial charge < -0.3 is 71.9 Å². The van der Waals surface area contributed by atoms with E-state index in [1.54, 1.807) is 58.4 Å². The summed E-state index contributed by atoms with van der Waals surface area (Å²) >= 11 is 0. The number of ketones is 1. The van der Waals surface area contributed by atoms with Gasteiger partial charge >= 0.3 is 0 Å². The number of nitro benzene ring substituents is 2. The van der Waals surface area contributed by atoms with E-state index in [4.69, 9.17) is 51.8 Å². The van der Waals surface area contributed by atoms with Crippen LogP contribution >= 0.6 is 0 Å². The molecule has 7 rings (SSSR count). The summed E-state index contributed by atoms with van der Waals surface area (Å²) in [5.74, 6) is -0.465. The number of H-pyrrole nitrogens is 1. The van der Waals surface area contributed by atoms with E-state index in [1.807, 2.05) is 18.2 Å². The maximum absolute atomic E-state index is 13.8. The molecule has 2 amide bonds.